The molecule has 7 heteroatoms. The number of hydrogen-bond acceptors (Lipinski definition) is 5. The molecule has 0 N–H and O–H groups in total. The molecule has 1 saturated heterocycles. The van der Waals surface area contributed by atoms with Crippen LogP contribution in [0.5, 0.6) is 0 Å². The Morgan fingerprint density at radius 1 is 1.33 bits per heavy atom. The first kappa shape index (κ1) is 17.7. The highest BCUT2D eigenvalue weighted by Crippen LogP contribution is 2.20. The van der Waals surface area contributed by atoms with Gasteiger partial charge < -0.3 is 18.7 Å². The van der Waals surface area contributed by atoms with E-state index in [4.69, 9.17) is 9.26 Å². The first-order valence-corrected chi connectivity index (χ1v) is 9.43. The molecule has 1 fully saturated rings. The van der Waals surface area contributed by atoms with Crippen LogP contribution in [0.3, 0.4) is 0 Å². The van der Waals surface area contributed by atoms with Crippen LogP contribution in [0.15, 0.2) is 34.9 Å². The van der Waals surface area contributed by atoms with Gasteiger partial charge in [-0.05, 0) is 25.5 Å². The first-order chi connectivity index (χ1) is 13.2. The zero-order valence-corrected chi connectivity index (χ0v) is 15.7. The van der Waals surface area contributed by atoms with Crippen molar-refractivity contribution in [2.75, 3.05) is 19.8 Å². The predicted molar refractivity (Wildman–Crippen MR) is 101 cm³/mol. The topological polar surface area (TPSA) is 73.4 Å². The summed E-state index contributed by atoms with van der Waals surface area (Å²) >= 11 is 0. The average molecular weight is 368 g/mol. The van der Waals surface area contributed by atoms with Gasteiger partial charge in [0.2, 0.25) is 0 Å². The van der Waals surface area contributed by atoms with E-state index < -0.39 is 0 Å². The second-order valence-corrected chi connectivity index (χ2v) is 6.93. The van der Waals surface area contributed by atoms with Crippen LogP contribution in [0.25, 0.3) is 11.0 Å². The summed E-state index contributed by atoms with van der Waals surface area (Å²) in [4.78, 5) is 19.3. The normalized spacial score (nSPS) is 17.6. The minimum Gasteiger partial charge on any atom is -0.377 e. The van der Waals surface area contributed by atoms with E-state index in [-0.39, 0.29) is 11.9 Å². The van der Waals surface area contributed by atoms with E-state index in [1.54, 1.807) is 6.07 Å². The third-order valence-electron chi connectivity index (χ3n) is 5.05. The number of nitrogens with zero attached hydrogens (tertiary/aromatic N) is 4. The number of rotatable bonds is 5. The Kier molecular flexibility index (Phi) is 4.94. The van der Waals surface area contributed by atoms with E-state index in [9.17, 15) is 4.79 Å². The number of aromatic nitrogens is 3. The maximum absolute atomic E-state index is 12.9. The van der Waals surface area contributed by atoms with Crippen LogP contribution < -0.4 is 0 Å². The fraction of sp³-hybridized carbons (Fsp3) is 0.450. The summed E-state index contributed by atoms with van der Waals surface area (Å²) < 4.78 is 13.1. The third kappa shape index (κ3) is 3.47. The molecule has 7 nitrogen and oxygen atoms in total. The molecule has 3 heterocycles. The molecular formula is C20H24N4O3. The summed E-state index contributed by atoms with van der Waals surface area (Å²) in [5, 5.41) is 4.04. The van der Waals surface area contributed by atoms with E-state index in [0.29, 0.717) is 37.8 Å². The maximum Gasteiger partial charge on any atom is 0.276 e. The quantitative estimate of drug-likeness (QED) is 0.692. The molecule has 3 aromatic rings. The highest BCUT2D eigenvalue weighted by Gasteiger charge is 2.29. The molecule has 1 aromatic carbocycles. The monoisotopic (exact) mass is 368 g/mol. The van der Waals surface area contributed by atoms with E-state index in [2.05, 4.69) is 21.6 Å². The van der Waals surface area contributed by atoms with Gasteiger partial charge >= 0.3 is 0 Å². The van der Waals surface area contributed by atoms with Crippen molar-refractivity contribution < 1.29 is 14.1 Å². The molecule has 0 aliphatic carbocycles. The van der Waals surface area contributed by atoms with Crippen molar-refractivity contribution in [1.82, 2.24) is 19.6 Å². The third-order valence-corrected chi connectivity index (χ3v) is 5.05. The van der Waals surface area contributed by atoms with Crippen LogP contribution >= 0.6 is 0 Å². The molecule has 1 amide bonds. The lowest BCUT2D eigenvalue weighted by Crippen LogP contribution is -2.48. The number of carbonyl (C=O) groups excluding carboxylic acids is 1. The molecule has 0 spiro atoms. The van der Waals surface area contributed by atoms with Gasteiger partial charge in [-0.2, -0.15) is 0 Å². The Hall–Kier alpha value is -2.67. The van der Waals surface area contributed by atoms with Crippen molar-refractivity contribution in [3.63, 3.8) is 0 Å². The smallest absolute Gasteiger partial charge is 0.276 e. The SMILES string of the molecule is CCC[C@H]1COCCN1C(=O)c1cc(Cn2c(C)nc3ccccc32)on1. The number of aryl methyl sites for hydroxylation is 1. The van der Waals surface area contributed by atoms with Gasteiger partial charge in [0.25, 0.3) is 5.91 Å². The highest BCUT2D eigenvalue weighted by atomic mass is 16.5. The molecule has 0 bridgehead atoms. The van der Waals surface area contributed by atoms with Gasteiger partial charge in [-0.3, -0.25) is 4.79 Å². The van der Waals surface area contributed by atoms with Crippen molar-refractivity contribution in [2.24, 2.45) is 0 Å². The van der Waals surface area contributed by atoms with Crippen LogP contribution in [0.2, 0.25) is 0 Å². The van der Waals surface area contributed by atoms with E-state index in [1.165, 1.54) is 0 Å². The van der Waals surface area contributed by atoms with Gasteiger partial charge in [-0.1, -0.05) is 30.6 Å². The molecule has 27 heavy (non-hydrogen) atoms. The molecule has 1 atom stereocenters. The first-order valence-electron chi connectivity index (χ1n) is 9.43. The molecule has 0 saturated carbocycles. The zero-order valence-electron chi connectivity index (χ0n) is 15.7. The summed E-state index contributed by atoms with van der Waals surface area (Å²) in [6.45, 7) is 6.32. The van der Waals surface area contributed by atoms with Crippen LogP contribution in [-0.2, 0) is 11.3 Å². The number of hydrogen-bond donors (Lipinski definition) is 0. The summed E-state index contributed by atoms with van der Waals surface area (Å²) in [6, 6.07) is 9.83. The van der Waals surface area contributed by atoms with E-state index >= 15 is 0 Å². The van der Waals surface area contributed by atoms with Crippen LogP contribution in [0, 0.1) is 6.92 Å². The number of imidazole rings is 1. The summed E-state index contributed by atoms with van der Waals surface area (Å²) in [7, 11) is 0. The average Bonchev–Trinajstić information content (AvgIpc) is 3.27. The van der Waals surface area contributed by atoms with Crippen molar-refractivity contribution in [2.45, 2.75) is 39.3 Å². The molecule has 1 aliphatic heterocycles. The van der Waals surface area contributed by atoms with Gasteiger partial charge in [0, 0.05) is 12.6 Å². The lowest BCUT2D eigenvalue weighted by Gasteiger charge is -2.35. The number of para-hydroxylation sites is 2. The second kappa shape index (κ2) is 7.52. The molecule has 142 valence electrons. The summed E-state index contributed by atoms with van der Waals surface area (Å²) in [5.74, 6) is 1.46. The Bertz CT molecular complexity index is 944. The fourth-order valence-corrected chi connectivity index (χ4v) is 3.68. The number of fused-ring (bicyclic) bond motifs is 1. The van der Waals surface area contributed by atoms with Gasteiger partial charge in [-0.25, -0.2) is 4.98 Å². The van der Waals surface area contributed by atoms with Crippen molar-refractivity contribution in [3.8, 4) is 0 Å². The van der Waals surface area contributed by atoms with Gasteiger partial charge in [0.1, 0.15) is 5.82 Å². The molecule has 4 rings (SSSR count). The van der Waals surface area contributed by atoms with Gasteiger partial charge in [0.05, 0.1) is 36.8 Å². The number of amides is 1. The lowest BCUT2D eigenvalue weighted by atomic mass is 10.1. The number of ether oxygens (including phenoxy) is 1. The van der Waals surface area contributed by atoms with Gasteiger partial charge in [0.15, 0.2) is 11.5 Å². The number of morpholine rings is 1. The summed E-state index contributed by atoms with van der Waals surface area (Å²) in [5.41, 5.74) is 2.34. The van der Waals surface area contributed by atoms with E-state index in [1.807, 2.05) is 36.1 Å². The Balaban J connectivity index is 1.54. The highest BCUT2D eigenvalue weighted by molar-refractivity contribution is 5.92. The maximum atomic E-state index is 12.9. The predicted octanol–water partition coefficient (Wildman–Crippen LogP) is 3.02. The minimum atomic E-state index is -0.0843. The fourth-order valence-electron chi connectivity index (χ4n) is 3.68. The second-order valence-electron chi connectivity index (χ2n) is 6.93. The largest absolute Gasteiger partial charge is 0.377 e. The van der Waals surface area contributed by atoms with Crippen LogP contribution in [-0.4, -0.2) is 51.3 Å². The lowest BCUT2D eigenvalue weighted by molar-refractivity contribution is -0.00482. The van der Waals surface area contributed by atoms with E-state index in [0.717, 1.165) is 29.7 Å². The standard InChI is InChI=1S/C20H24N4O3/c1-3-6-15-13-26-10-9-23(15)20(25)18-11-16(27-22-18)12-24-14(2)21-17-7-4-5-8-19(17)24/h4-5,7-8,11,15H,3,6,9-10,12-13H2,1-2H3/t15-/m0/s1. The number of benzene rings is 1. The minimum absolute atomic E-state index is 0.0843. The Labute approximate surface area is 157 Å². The van der Waals surface area contributed by atoms with Crippen LogP contribution in [0.4, 0.5) is 0 Å². The Morgan fingerprint density at radius 3 is 3.04 bits per heavy atom. The molecule has 2 aromatic heterocycles. The van der Waals surface area contributed by atoms with Crippen molar-refractivity contribution in [1.29, 1.82) is 0 Å². The molecule has 0 unspecified atom stereocenters. The molecular weight excluding hydrogens is 344 g/mol. The van der Waals surface area contributed by atoms with Crippen molar-refractivity contribution >= 4 is 16.9 Å². The Morgan fingerprint density at radius 2 is 2.19 bits per heavy atom. The molecule has 1 aliphatic rings. The number of carbonyl (C=O) groups is 1. The zero-order chi connectivity index (χ0) is 18.8. The van der Waals surface area contributed by atoms with Crippen LogP contribution in [0.1, 0.15) is 41.8 Å². The van der Waals surface area contributed by atoms with Crippen molar-refractivity contribution in [3.05, 3.63) is 47.6 Å². The molecule has 0 radical (unpaired) electrons. The van der Waals surface area contributed by atoms with Gasteiger partial charge in [-0.15, -0.1) is 0 Å². The summed E-state index contributed by atoms with van der Waals surface area (Å²) in [6.07, 6.45) is 1.94.